The fourth-order valence-corrected chi connectivity index (χ4v) is 6.41. The van der Waals surface area contributed by atoms with Gasteiger partial charge in [-0.3, -0.25) is 9.69 Å². The van der Waals surface area contributed by atoms with Gasteiger partial charge in [-0.2, -0.15) is 12.7 Å². The average molecular weight is 556 g/mol. The highest BCUT2D eigenvalue weighted by atomic mass is 35.5. The molecule has 2 aromatic rings. The van der Waals surface area contributed by atoms with Crippen LogP contribution in [-0.4, -0.2) is 55.8 Å². The van der Waals surface area contributed by atoms with Crippen molar-refractivity contribution in [2.24, 2.45) is 0 Å². The molecule has 1 amide bonds. The van der Waals surface area contributed by atoms with Crippen molar-refractivity contribution >= 4 is 39.3 Å². The lowest BCUT2D eigenvalue weighted by molar-refractivity contribution is 0.0960. The molecule has 5 rings (SSSR count). The van der Waals surface area contributed by atoms with Gasteiger partial charge in [0.2, 0.25) is 0 Å². The maximum atomic E-state index is 15.0. The number of likely N-dealkylation sites (tertiary alicyclic amines) is 1. The third kappa shape index (κ3) is 5.97. The molecule has 0 radical (unpaired) electrons. The number of piperidine rings is 1. The molecule has 2 aliphatic heterocycles. The molecule has 2 saturated heterocycles. The van der Waals surface area contributed by atoms with Gasteiger partial charge >= 0.3 is 10.2 Å². The quantitative estimate of drug-likeness (QED) is 0.509. The van der Waals surface area contributed by atoms with Crippen LogP contribution in [0.4, 0.5) is 4.39 Å². The minimum absolute atomic E-state index is 0.0369. The van der Waals surface area contributed by atoms with Gasteiger partial charge in [-0.25, -0.2) is 9.11 Å². The van der Waals surface area contributed by atoms with Crippen LogP contribution in [0.15, 0.2) is 30.3 Å². The van der Waals surface area contributed by atoms with Gasteiger partial charge in [0, 0.05) is 42.8 Å². The lowest BCUT2D eigenvalue weighted by Crippen LogP contribution is -2.49. The van der Waals surface area contributed by atoms with Crippen LogP contribution in [0.3, 0.4) is 0 Å². The number of hydrogen-bond acceptors (Lipinski definition) is 5. The minimum Gasteiger partial charge on any atom is -0.490 e. The van der Waals surface area contributed by atoms with Crippen molar-refractivity contribution in [2.45, 2.75) is 50.7 Å². The molecule has 0 bridgehead atoms. The van der Waals surface area contributed by atoms with E-state index in [1.165, 1.54) is 10.4 Å². The molecular formula is C25H28Cl2FN3O4S. The predicted molar refractivity (Wildman–Crippen MR) is 136 cm³/mol. The Labute approximate surface area is 220 Å². The first kappa shape index (κ1) is 25.7. The molecule has 2 heterocycles. The van der Waals surface area contributed by atoms with Crippen LogP contribution in [0.25, 0.3) is 0 Å². The van der Waals surface area contributed by atoms with Crippen molar-refractivity contribution in [1.82, 2.24) is 13.9 Å². The third-order valence-corrected chi connectivity index (χ3v) is 8.86. The summed E-state index contributed by atoms with van der Waals surface area (Å²) in [6.07, 6.45) is 4.35. The molecule has 0 unspecified atom stereocenters. The molecule has 36 heavy (non-hydrogen) atoms. The lowest BCUT2D eigenvalue weighted by atomic mass is 9.97. The largest absolute Gasteiger partial charge is 0.490 e. The number of rotatable bonds is 8. The minimum atomic E-state index is -3.94. The van der Waals surface area contributed by atoms with Gasteiger partial charge in [0.15, 0.2) is 0 Å². The Morgan fingerprint density at radius 1 is 1.00 bits per heavy atom. The molecule has 1 N–H and O–H groups in total. The summed E-state index contributed by atoms with van der Waals surface area (Å²) in [4.78, 5) is 14.9. The van der Waals surface area contributed by atoms with E-state index >= 15 is 4.39 Å². The van der Waals surface area contributed by atoms with Gasteiger partial charge in [-0.15, -0.1) is 0 Å². The molecule has 2 aromatic carbocycles. The summed E-state index contributed by atoms with van der Waals surface area (Å²) in [6.45, 7) is 2.85. The SMILES string of the molecule is O=C(NS(=O)(=O)N1CCC1)c1cc(C2CC2)c(CN2CCC(Oc3cc(Cl)cc(Cl)c3)CC2)cc1F. The first-order valence-electron chi connectivity index (χ1n) is 12.2. The van der Waals surface area contributed by atoms with E-state index in [9.17, 15) is 13.2 Å². The van der Waals surface area contributed by atoms with E-state index in [-0.39, 0.29) is 17.6 Å². The Bertz CT molecular complexity index is 1240. The number of carbonyl (C=O) groups is 1. The first-order valence-corrected chi connectivity index (χ1v) is 14.4. The molecule has 1 aliphatic carbocycles. The number of halogens is 3. The van der Waals surface area contributed by atoms with Crippen LogP contribution in [-0.2, 0) is 16.8 Å². The zero-order valence-corrected chi connectivity index (χ0v) is 22.0. The van der Waals surface area contributed by atoms with E-state index in [2.05, 4.69) is 4.90 Å². The van der Waals surface area contributed by atoms with E-state index in [0.717, 1.165) is 56.3 Å². The first-order chi connectivity index (χ1) is 17.2. The topological polar surface area (TPSA) is 79.0 Å². The highest BCUT2D eigenvalue weighted by Crippen LogP contribution is 2.43. The second-order valence-electron chi connectivity index (χ2n) is 9.69. The monoisotopic (exact) mass is 555 g/mol. The number of amides is 1. The van der Waals surface area contributed by atoms with Crippen molar-refractivity contribution < 1.29 is 22.3 Å². The summed E-state index contributed by atoms with van der Waals surface area (Å²) in [5.74, 6) is -0.713. The number of ether oxygens (including phenoxy) is 1. The number of benzene rings is 2. The molecule has 1 saturated carbocycles. The van der Waals surface area contributed by atoms with Gasteiger partial charge in [0.1, 0.15) is 17.7 Å². The Morgan fingerprint density at radius 3 is 2.25 bits per heavy atom. The van der Waals surface area contributed by atoms with E-state index < -0.39 is 21.9 Å². The van der Waals surface area contributed by atoms with Gasteiger partial charge in [-0.1, -0.05) is 23.2 Å². The fraction of sp³-hybridized carbons (Fsp3) is 0.480. The number of carbonyl (C=O) groups excluding carboxylic acids is 1. The van der Waals surface area contributed by atoms with Crippen LogP contribution in [0.5, 0.6) is 5.75 Å². The molecule has 0 spiro atoms. The summed E-state index contributed by atoms with van der Waals surface area (Å²) < 4.78 is 48.9. The van der Waals surface area contributed by atoms with Crippen LogP contribution < -0.4 is 9.46 Å². The molecule has 3 fully saturated rings. The number of nitrogens with one attached hydrogen (secondary N) is 1. The normalized spacial score (nSPS) is 19.6. The molecular weight excluding hydrogens is 528 g/mol. The maximum Gasteiger partial charge on any atom is 0.304 e. The van der Waals surface area contributed by atoms with E-state index in [1.54, 1.807) is 24.3 Å². The second kappa shape index (κ2) is 10.5. The molecule has 0 atom stereocenters. The zero-order chi connectivity index (χ0) is 25.4. The summed E-state index contributed by atoms with van der Waals surface area (Å²) in [7, 11) is -3.94. The smallest absolute Gasteiger partial charge is 0.304 e. The second-order valence-corrected chi connectivity index (χ2v) is 12.2. The van der Waals surface area contributed by atoms with Crippen molar-refractivity contribution in [3.63, 3.8) is 0 Å². The average Bonchev–Trinajstić information content (AvgIpc) is 3.57. The Kier molecular flexibility index (Phi) is 7.47. The Morgan fingerprint density at radius 2 is 1.67 bits per heavy atom. The summed E-state index contributed by atoms with van der Waals surface area (Å²) in [6, 6.07) is 8.10. The molecule has 11 heteroatoms. The fourth-order valence-electron chi connectivity index (χ4n) is 4.70. The van der Waals surface area contributed by atoms with Crippen LogP contribution in [0.1, 0.15) is 59.5 Å². The zero-order valence-electron chi connectivity index (χ0n) is 19.7. The van der Waals surface area contributed by atoms with Gasteiger partial charge in [-0.05, 0) is 79.5 Å². The molecule has 7 nitrogen and oxygen atoms in total. The van der Waals surface area contributed by atoms with E-state index in [4.69, 9.17) is 27.9 Å². The molecule has 3 aliphatic rings. The highest BCUT2D eigenvalue weighted by Gasteiger charge is 2.33. The Hall–Kier alpha value is -1.91. The summed E-state index contributed by atoms with van der Waals surface area (Å²) in [5.41, 5.74) is 1.55. The van der Waals surface area contributed by atoms with Crippen molar-refractivity contribution in [3.05, 3.63) is 62.9 Å². The van der Waals surface area contributed by atoms with E-state index in [0.29, 0.717) is 35.4 Å². The van der Waals surface area contributed by atoms with Gasteiger partial charge in [0.05, 0.1) is 5.56 Å². The van der Waals surface area contributed by atoms with Gasteiger partial charge < -0.3 is 4.74 Å². The molecule has 194 valence electrons. The van der Waals surface area contributed by atoms with Crippen LogP contribution in [0.2, 0.25) is 10.0 Å². The highest BCUT2D eigenvalue weighted by molar-refractivity contribution is 7.87. The van der Waals surface area contributed by atoms with Crippen molar-refractivity contribution in [3.8, 4) is 5.75 Å². The van der Waals surface area contributed by atoms with Crippen LogP contribution in [0, 0.1) is 5.82 Å². The lowest BCUT2D eigenvalue weighted by Gasteiger charge is -2.32. The Balaban J connectivity index is 1.24. The van der Waals surface area contributed by atoms with Crippen molar-refractivity contribution in [1.29, 1.82) is 0 Å². The third-order valence-electron chi connectivity index (χ3n) is 6.93. The van der Waals surface area contributed by atoms with E-state index in [1.807, 2.05) is 4.72 Å². The summed E-state index contributed by atoms with van der Waals surface area (Å²) >= 11 is 12.1. The predicted octanol–water partition coefficient (Wildman–Crippen LogP) is 4.73. The maximum absolute atomic E-state index is 15.0. The van der Waals surface area contributed by atoms with Crippen molar-refractivity contribution in [2.75, 3.05) is 26.2 Å². The number of hydrogen-bond donors (Lipinski definition) is 1. The molecule has 0 aromatic heterocycles. The number of nitrogens with zero attached hydrogens (tertiary/aromatic N) is 2. The van der Waals surface area contributed by atoms with Crippen LogP contribution >= 0.6 is 23.2 Å². The standard InChI is InChI=1S/C25H28Cl2FN3O4S/c26-18-11-19(27)13-21(12-18)35-20-4-8-30(9-5-20)15-17-10-24(28)23(14-22(17)16-2-3-16)25(32)29-36(33,34)31-6-1-7-31/h10-14,16,20H,1-9,15H2,(H,29,32). The summed E-state index contributed by atoms with van der Waals surface area (Å²) in [5, 5.41) is 1.06. The van der Waals surface area contributed by atoms with Gasteiger partial charge in [0.25, 0.3) is 5.91 Å².